The van der Waals surface area contributed by atoms with Gasteiger partial charge in [-0.15, -0.1) is 0 Å². The van der Waals surface area contributed by atoms with E-state index < -0.39 is 22.5 Å². The summed E-state index contributed by atoms with van der Waals surface area (Å²) < 4.78 is 50.4. The number of nitrogens with one attached hydrogen (secondary N) is 1. The third-order valence-electron chi connectivity index (χ3n) is 5.69. The van der Waals surface area contributed by atoms with Gasteiger partial charge in [0.25, 0.3) is 15.9 Å². The molecule has 0 aliphatic heterocycles. The fourth-order valence-corrected chi connectivity index (χ4v) is 5.43. The van der Waals surface area contributed by atoms with Gasteiger partial charge < -0.3 is 18.9 Å². The van der Waals surface area contributed by atoms with Gasteiger partial charge in [0.05, 0.1) is 44.2 Å². The van der Waals surface area contributed by atoms with Crippen LogP contribution in [0.4, 0.5) is 5.69 Å². The van der Waals surface area contributed by atoms with Crippen LogP contribution in [0.15, 0.2) is 64.6 Å². The zero-order chi connectivity index (χ0) is 29.3. The summed E-state index contributed by atoms with van der Waals surface area (Å²) in [6.45, 7) is 7.91. The highest BCUT2D eigenvalue weighted by Crippen LogP contribution is 2.33. The Hall–Kier alpha value is -4.25. The maximum absolute atomic E-state index is 13.8. The first-order chi connectivity index (χ1) is 19.1. The number of amides is 1. The first kappa shape index (κ1) is 30.3. The zero-order valence-corrected chi connectivity index (χ0v) is 24.4. The lowest BCUT2D eigenvalue weighted by atomic mass is 10.1. The molecule has 0 heterocycles. The van der Waals surface area contributed by atoms with Crippen LogP contribution in [0.1, 0.15) is 30.5 Å². The molecule has 0 aromatic heterocycles. The number of benzene rings is 3. The van der Waals surface area contributed by atoms with Gasteiger partial charge in [-0.25, -0.2) is 13.8 Å². The summed E-state index contributed by atoms with van der Waals surface area (Å²) >= 11 is 0. The fourth-order valence-electron chi connectivity index (χ4n) is 4.01. The van der Waals surface area contributed by atoms with E-state index in [-0.39, 0.29) is 10.6 Å². The number of anilines is 1. The van der Waals surface area contributed by atoms with E-state index in [4.69, 9.17) is 18.9 Å². The first-order valence-corrected chi connectivity index (χ1v) is 14.1. The average molecular weight is 570 g/mol. The van der Waals surface area contributed by atoms with Crippen LogP contribution in [-0.4, -0.2) is 54.5 Å². The van der Waals surface area contributed by atoms with Crippen molar-refractivity contribution in [2.75, 3.05) is 38.3 Å². The lowest BCUT2D eigenvalue weighted by Crippen LogP contribution is -2.39. The quantitative estimate of drug-likeness (QED) is 0.239. The third kappa shape index (κ3) is 7.44. The van der Waals surface area contributed by atoms with Crippen LogP contribution in [0.5, 0.6) is 23.0 Å². The minimum absolute atomic E-state index is 0.0570. The van der Waals surface area contributed by atoms with E-state index in [0.717, 1.165) is 15.4 Å². The second-order valence-corrected chi connectivity index (χ2v) is 10.6. The standard InChI is InChI=1S/C29H35N3O7S/c1-7-38-26-11-9-22(16-28(26)39-8-2)18-30-31-29(33)19-32(23-14-20(3)13-21(4)15-23)40(34,35)24-10-12-25(36-5)27(17-24)37-6/h9-18H,7-8,19H2,1-6H3,(H,31,33)/b30-18-. The summed E-state index contributed by atoms with van der Waals surface area (Å²) in [6, 6.07) is 14.9. The number of methoxy groups -OCH3 is 2. The predicted octanol–water partition coefficient (Wildman–Crippen LogP) is 4.46. The number of aryl methyl sites for hydroxylation is 2. The second kappa shape index (κ2) is 13.7. The minimum Gasteiger partial charge on any atom is -0.493 e. The van der Waals surface area contributed by atoms with Gasteiger partial charge in [-0.05, 0) is 86.8 Å². The van der Waals surface area contributed by atoms with Crippen molar-refractivity contribution in [3.05, 3.63) is 71.3 Å². The van der Waals surface area contributed by atoms with Crippen molar-refractivity contribution in [3.8, 4) is 23.0 Å². The Morgan fingerprint density at radius 3 is 2.10 bits per heavy atom. The molecule has 1 N–H and O–H groups in total. The molecule has 0 atom stereocenters. The molecular weight excluding hydrogens is 534 g/mol. The second-order valence-electron chi connectivity index (χ2n) is 8.74. The molecule has 0 bridgehead atoms. The van der Waals surface area contributed by atoms with E-state index in [1.807, 2.05) is 33.8 Å². The molecule has 0 saturated carbocycles. The number of carbonyl (C=O) groups is 1. The van der Waals surface area contributed by atoms with Crippen molar-refractivity contribution < 1.29 is 32.2 Å². The number of rotatable bonds is 13. The van der Waals surface area contributed by atoms with Crippen molar-refractivity contribution in [1.82, 2.24) is 5.43 Å². The van der Waals surface area contributed by atoms with Gasteiger partial charge in [0.15, 0.2) is 23.0 Å². The molecule has 1 amide bonds. The summed E-state index contributed by atoms with van der Waals surface area (Å²) in [7, 11) is -1.30. The van der Waals surface area contributed by atoms with E-state index >= 15 is 0 Å². The molecule has 0 fully saturated rings. The Kier molecular flexibility index (Phi) is 10.4. The molecular formula is C29H35N3O7S. The summed E-state index contributed by atoms with van der Waals surface area (Å²) in [5, 5.41) is 4.03. The van der Waals surface area contributed by atoms with E-state index in [0.29, 0.717) is 41.7 Å². The monoisotopic (exact) mass is 569 g/mol. The molecule has 3 aromatic rings. The minimum atomic E-state index is -4.19. The molecule has 3 rings (SSSR count). The summed E-state index contributed by atoms with van der Waals surface area (Å²) in [5.41, 5.74) is 5.13. The summed E-state index contributed by atoms with van der Waals surface area (Å²) in [6.07, 6.45) is 1.44. The van der Waals surface area contributed by atoms with Crippen LogP contribution in [-0.2, 0) is 14.8 Å². The summed E-state index contributed by atoms with van der Waals surface area (Å²) in [5.74, 6) is 1.17. The lowest BCUT2D eigenvalue weighted by molar-refractivity contribution is -0.119. The Balaban J connectivity index is 1.89. The van der Waals surface area contributed by atoms with Crippen molar-refractivity contribution in [2.24, 2.45) is 5.10 Å². The van der Waals surface area contributed by atoms with Gasteiger partial charge in [0.2, 0.25) is 0 Å². The Labute approximate surface area is 235 Å². The SMILES string of the molecule is CCOc1ccc(/C=N\NC(=O)CN(c2cc(C)cc(C)c2)S(=O)(=O)c2ccc(OC)c(OC)c2)cc1OCC. The Morgan fingerprint density at radius 2 is 1.48 bits per heavy atom. The number of sulfonamides is 1. The summed E-state index contributed by atoms with van der Waals surface area (Å²) in [4.78, 5) is 12.9. The van der Waals surface area contributed by atoms with Crippen LogP contribution < -0.4 is 28.7 Å². The number of hydrogen-bond acceptors (Lipinski definition) is 8. The molecule has 0 spiro atoms. The molecule has 0 aliphatic carbocycles. The van der Waals surface area contributed by atoms with Gasteiger partial charge >= 0.3 is 0 Å². The van der Waals surface area contributed by atoms with Crippen LogP contribution in [0.25, 0.3) is 0 Å². The van der Waals surface area contributed by atoms with Crippen LogP contribution in [0, 0.1) is 13.8 Å². The number of hydrazone groups is 1. The van der Waals surface area contributed by atoms with Crippen LogP contribution in [0.2, 0.25) is 0 Å². The highest BCUT2D eigenvalue weighted by atomic mass is 32.2. The number of hydrogen-bond donors (Lipinski definition) is 1. The van der Waals surface area contributed by atoms with Crippen molar-refractivity contribution >= 4 is 27.8 Å². The number of carbonyl (C=O) groups excluding carboxylic acids is 1. The highest BCUT2D eigenvalue weighted by Gasteiger charge is 2.28. The molecule has 0 unspecified atom stereocenters. The van der Waals surface area contributed by atoms with Gasteiger partial charge in [-0.2, -0.15) is 5.10 Å². The van der Waals surface area contributed by atoms with Gasteiger partial charge in [-0.3, -0.25) is 9.10 Å². The van der Waals surface area contributed by atoms with Gasteiger partial charge in [-0.1, -0.05) is 6.07 Å². The molecule has 10 nitrogen and oxygen atoms in total. The molecule has 0 radical (unpaired) electrons. The largest absolute Gasteiger partial charge is 0.493 e. The van der Waals surface area contributed by atoms with Crippen LogP contribution >= 0.6 is 0 Å². The van der Waals surface area contributed by atoms with Crippen molar-refractivity contribution in [1.29, 1.82) is 0 Å². The van der Waals surface area contributed by atoms with Gasteiger partial charge in [0.1, 0.15) is 6.54 Å². The topological polar surface area (TPSA) is 116 Å². The van der Waals surface area contributed by atoms with Crippen molar-refractivity contribution in [3.63, 3.8) is 0 Å². The Bertz CT molecular complexity index is 1450. The molecule has 11 heteroatoms. The maximum atomic E-state index is 13.8. The lowest BCUT2D eigenvalue weighted by Gasteiger charge is -2.25. The van der Waals surface area contributed by atoms with Crippen LogP contribution in [0.3, 0.4) is 0 Å². The van der Waals surface area contributed by atoms with E-state index in [9.17, 15) is 13.2 Å². The predicted molar refractivity (Wildman–Crippen MR) is 155 cm³/mol. The van der Waals surface area contributed by atoms with E-state index in [2.05, 4.69) is 10.5 Å². The van der Waals surface area contributed by atoms with E-state index in [1.165, 1.54) is 38.6 Å². The highest BCUT2D eigenvalue weighted by molar-refractivity contribution is 7.92. The zero-order valence-electron chi connectivity index (χ0n) is 23.6. The molecule has 0 saturated heterocycles. The van der Waals surface area contributed by atoms with E-state index in [1.54, 1.807) is 30.3 Å². The molecule has 0 aliphatic rings. The molecule has 40 heavy (non-hydrogen) atoms. The first-order valence-electron chi connectivity index (χ1n) is 12.7. The fraction of sp³-hybridized carbons (Fsp3) is 0.310. The molecule has 214 valence electrons. The maximum Gasteiger partial charge on any atom is 0.264 e. The number of nitrogens with zero attached hydrogens (tertiary/aromatic N) is 2. The Morgan fingerprint density at radius 1 is 0.850 bits per heavy atom. The number of ether oxygens (including phenoxy) is 4. The normalized spacial score (nSPS) is 11.2. The van der Waals surface area contributed by atoms with Gasteiger partial charge in [0, 0.05) is 6.07 Å². The third-order valence-corrected chi connectivity index (χ3v) is 7.46. The smallest absolute Gasteiger partial charge is 0.264 e. The average Bonchev–Trinajstić information content (AvgIpc) is 2.92. The van der Waals surface area contributed by atoms with Crippen molar-refractivity contribution in [2.45, 2.75) is 32.6 Å². The molecule has 3 aromatic carbocycles.